The summed E-state index contributed by atoms with van der Waals surface area (Å²) < 4.78 is 128. The molecule has 0 aliphatic heterocycles. The fourth-order valence-electron chi connectivity index (χ4n) is 12.2. The monoisotopic (exact) mass is 1780 g/mol. The Morgan fingerprint density at radius 3 is 0.967 bits per heavy atom. The summed E-state index contributed by atoms with van der Waals surface area (Å²) in [6.45, 7) is 16.3. The number of sulfonamides is 4. The first-order valence-corrected chi connectivity index (χ1v) is 47.0. The van der Waals surface area contributed by atoms with Gasteiger partial charge in [-0.15, -0.1) is 47.0 Å². The molecule has 0 atom stereocenters. The van der Waals surface area contributed by atoms with Gasteiger partial charge in [-0.05, 0) is 144 Å². The highest BCUT2D eigenvalue weighted by Crippen LogP contribution is 2.45. The number of aromatic hydroxyl groups is 4. The number of hydrogen-bond acceptors (Lipinski definition) is 20. The number of thioether (sulfide) groups is 4. The summed E-state index contributed by atoms with van der Waals surface area (Å²) >= 11 is 3.67. The number of benzene rings is 12. The van der Waals surface area contributed by atoms with Gasteiger partial charge >= 0.3 is 23.9 Å². The molecule has 632 valence electrons. The number of anilines is 4. The highest BCUT2D eigenvalue weighted by Gasteiger charge is 2.26. The average Bonchev–Trinajstić information content (AvgIpc) is 0.787. The van der Waals surface area contributed by atoms with Crippen molar-refractivity contribution in [3.05, 3.63) is 240 Å². The number of rotatable bonds is 30. The standard InChI is InChI=1S/C23H25NO5S2.2C22H23NO5S2.C20H18FNO5S2/c1-15(2)7-8-16-9-11-17(12-10-16)31(28,29)24-20-13-21(30-14-22(25)26)23(27)19-6-4-3-5-18(19)20;1-22(2,3)14-8-10-15(11-9-14)30(27,28)23-18-12-19(29-13-20(24)25)21(26)17-7-5-4-6-16(17)18;1-14(2)10-15-6-5-7-16(11-15)30(27,28)23-19-12-20(29-13-21(24)25)22(26)18-9-4-3-8-17(18)19;1-2-12-9-13(7-8-16(12)21)29(26,27)22-17-10-18(28-11-19(23)24)20(25)15-6-4-3-5-14(15)17/h3-6,9-13,15,24,27H,7-8,14H2,1-2H3,(H,25,26);4-12,23,26H,13H2,1-3H3,(H,24,25);3-9,11-12,14,23,26H,10,13H2,1-2H3,(H,24,25);3-10,22,25H,2,11H2,1H3,(H,23,24). The van der Waals surface area contributed by atoms with Crippen LogP contribution in [0.5, 0.6) is 23.0 Å². The van der Waals surface area contributed by atoms with E-state index in [9.17, 15) is 77.7 Å². The summed E-state index contributed by atoms with van der Waals surface area (Å²) in [4.78, 5) is 45.1. The molecular weight excluding hydrogens is 1700 g/mol. The van der Waals surface area contributed by atoms with Crippen LogP contribution in [0.15, 0.2) is 251 Å². The first-order chi connectivity index (χ1) is 56.6. The van der Waals surface area contributed by atoms with Crippen LogP contribution >= 0.6 is 47.0 Å². The van der Waals surface area contributed by atoms with Gasteiger partial charge in [0.2, 0.25) is 0 Å². The van der Waals surface area contributed by atoms with Crippen LogP contribution in [0, 0.1) is 17.7 Å². The lowest BCUT2D eigenvalue weighted by Gasteiger charge is -2.19. The van der Waals surface area contributed by atoms with Gasteiger partial charge < -0.3 is 40.9 Å². The predicted octanol–water partition coefficient (Wildman–Crippen LogP) is 18.9. The van der Waals surface area contributed by atoms with Crippen LogP contribution in [-0.4, -0.2) is 121 Å². The normalized spacial score (nSPS) is 11.8. The second-order valence-electron chi connectivity index (χ2n) is 29.1. The molecule has 0 saturated carbocycles. The van der Waals surface area contributed by atoms with E-state index in [-0.39, 0.29) is 109 Å². The minimum atomic E-state index is -4.04. The maximum absolute atomic E-state index is 13.7. The molecule has 0 unspecified atom stereocenters. The van der Waals surface area contributed by atoms with Crippen molar-refractivity contribution in [2.24, 2.45) is 11.8 Å². The Hall–Kier alpha value is -10.9. The van der Waals surface area contributed by atoms with E-state index in [1.807, 2.05) is 39.0 Å². The minimum Gasteiger partial charge on any atom is -0.506 e. The summed E-state index contributed by atoms with van der Waals surface area (Å²) in [6.07, 6.45) is 3.02. The van der Waals surface area contributed by atoms with Gasteiger partial charge in [0.05, 0.1) is 84.9 Å². The second-order valence-corrected chi connectivity index (χ2v) is 39.9. The molecule has 120 heavy (non-hydrogen) atoms. The van der Waals surface area contributed by atoms with Crippen molar-refractivity contribution >= 4 is 177 Å². The maximum atomic E-state index is 13.7. The third kappa shape index (κ3) is 24.7. The number of aliphatic carboxylic acids is 4. The first-order valence-electron chi connectivity index (χ1n) is 37.1. The van der Waals surface area contributed by atoms with Crippen LogP contribution in [0.25, 0.3) is 43.1 Å². The molecule has 0 radical (unpaired) electrons. The smallest absolute Gasteiger partial charge is 0.313 e. The Morgan fingerprint density at radius 2 is 0.667 bits per heavy atom. The van der Waals surface area contributed by atoms with Crippen LogP contribution < -0.4 is 18.9 Å². The largest absolute Gasteiger partial charge is 0.506 e. The zero-order valence-corrected chi connectivity index (χ0v) is 72.7. The lowest BCUT2D eigenvalue weighted by Crippen LogP contribution is -2.15. The molecule has 12 aromatic carbocycles. The number of aryl methyl sites for hydroxylation is 2. The molecule has 12 rings (SSSR count). The van der Waals surface area contributed by atoms with Crippen molar-refractivity contribution in [2.45, 2.75) is 126 Å². The summed E-state index contributed by atoms with van der Waals surface area (Å²) in [5.74, 6) is -5.07. The van der Waals surface area contributed by atoms with Gasteiger partial charge in [-0.25, -0.2) is 38.1 Å². The quantitative estimate of drug-likeness (QED) is 0.0147. The maximum Gasteiger partial charge on any atom is 0.313 e. The number of carboxylic acid groups (broad SMARTS) is 4. The minimum absolute atomic E-state index is 0.0701. The Kier molecular flexibility index (Phi) is 31.3. The third-order valence-electron chi connectivity index (χ3n) is 18.1. The number of carbonyl (C=O) groups is 4. The molecule has 0 spiro atoms. The molecule has 0 saturated heterocycles. The van der Waals surface area contributed by atoms with Crippen LogP contribution in [0.2, 0.25) is 0 Å². The molecule has 12 aromatic rings. The Morgan fingerprint density at radius 1 is 0.367 bits per heavy atom. The van der Waals surface area contributed by atoms with Crippen molar-refractivity contribution in [1.29, 1.82) is 0 Å². The summed E-state index contributed by atoms with van der Waals surface area (Å²) in [5.41, 5.74) is 4.24. The van der Waals surface area contributed by atoms with E-state index >= 15 is 0 Å². The van der Waals surface area contributed by atoms with Crippen molar-refractivity contribution < 1.29 is 98.1 Å². The Bertz CT molecular complexity index is 6290. The molecule has 0 aliphatic rings. The van der Waals surface area contributed by atoms with Crippen LogP contribution in [-0.2, 0) is 83.9 Å². The topological polar surface area (TPSA) is 415 Å². The van der Waals surface area contributed by atoms with Gasteiger partial charge in [0.25, 0.3) is 40.1 Å². The van der Waals surface area contributed by atoms with Gasteiger partial charge in [-0.3, -0.25) is 38.1 Å². The molecule has 0 aromatic heterocycles. The lowest BCUT2D eigenvalue weighted by atomic mass is 9.87. The van der Waals surface area contributed by atoms with E-state index in [0.29, 0.717) is 71.1 Å². The Balaban J connectivity index is 0.000000182. The molecule has 12 N–H and O–H groups in total. The number of halogens is 1. The number of hydrogen-bond donors (Lipinski definition) is 12. The number of phenols is 4. The lowest BCUT2D eigenvalue weighted by molar-refractivity contribution is -0.134. The van der Waals surface area contributed by atoms with Gasteiger partial charge in [0.1, 0.15) is 28.8 Å². The first kappa shape index (κ1) is 93.0. The van der Waals surface area contributed by atoms with Crippen LogP contribution in [0.4, 0.5) is 27.1 Å². The second kappa shape index (κ2) is 40.4. The molecule has 0 heterocycles. The molecule has 24 nitrogen and oxygen atoms in total. The Labute approximate surface area is 712 Å². The summed E-state index contributed by atoms with van der Waals surface area (Å²) in [7, 11) is -15.7. The van der Waals surface area contributed by atoms with E-state index < -0.39 is 69.8 Å². The average molecular weight is 1790 g/mol. The number of nitrogens with one attached hydrogen (secondary N) is 4. The summed E-state index contributed by atoms with van der Waals surface area (Å²) in [5, 5.41) is 81.6. The van der Waals surface area contributed by atoms with E-state index in [0.717, 1.165) is 89.1 Å². The molecule has 0 amide bonds. The van der Waals surface area contributed by atoms with Crippen molar-refractivity contribution in [2.75, 3.05) is 41.9 Å². The highest BCUT2D eigenvalue weighted by atomic mass is 32.2. The van der Waals surface area contributed by atoms with Gasteiger partial charge in [0, 0.05) is 43.1 Å². The predicted molar refractivity (Wildman–Crippen MR) is 475 cm³/mol. The zero-order chi connectivity index (χ0) is 87.8. The number of carboxylic acids is 4. The van der Waals surface area contributed by atoms with E-state index in [2.05, 4.69) is 46.6 Å². The zero-order valence-electron chi connectivity index (χ0n) is 66.1. The van der Waals surface area contributed by atoms with Crippen LogP contribution in [0.3, 0.4) is 0 Å². The van der Waals surface area contributed by atoms with E-state index in [1.54, 1.807) is 153 Å². The molecular formula is C87H89FN4O20S8. The highest BCUT2D eigenvalue weighted by molar-refractivity contribution is 8.01. The van der Waals surface area contributed by atoms with Crippen molar-refractivity contribution in [3.63, 3.8) is 0 Å². The molecule has 0 aliphatic carbocycles. The molecule has 0 bridgehead atoms. The summed E-state index contributed by atoms with van der Waals surface area (Å²) in [6, 6.07) is 56.8. The molecule has 33 heteroatoms. The SMILES string of the molecule is CC(C)(C)c1ccc(S(=O)(=O)Nc2cc(SCC(=O)O)c(O)c3ccccc23)cc1.CC(C)CCc1ccc(S(=O)(=O)Nc2cc(SCC(=O)O)c(O)c3ccccc23)cc1.CC(C)Cc1cccc(S(=O)(=O)Nc2cc(SCC(=O)O)c(O)c3ccccc23)c1.CCc1cc(S(=O)(=O)Nc2cc(SCC(=O)O)c(O)c3ccccc23)ccc1F. The van der Waals surface area contributed by atoms with Gasteiger partial charge in [-0.1, -0.05) is 189 Å². The third-order valence-corrected chi connectivity index (χ3v) is 27.7. The van der Waals surface area contributed by atoms with E-state index in [4.69, 9.17) is 20.4 Å². The van der Waals surface area contributed by atoms with Crippen molar-refractivity contribution in [1.82, 2.24) is 0 Å². The van der Waals surface area contributed by atoms with Gasteiger partial charge in [-0.2, -0.15) is 0 Å². The van der Waals surface area contributed by atoms with Gasteiger partial charge in [0.15, 0.2) is 0 Å². The van der Waals surface area contributed by atoms with Crippen LogP contribution in [0.1, 0.15) is 84.1 Å². The van der Waals surface area contributed by atoms with Crippen molar-refractivity contribution in [3.8, 4) is 23.0 Å². The number of fused-ring (bicyclic) bond motifs is 4. The molecule has 0 fully saturated rings. The number of phenolic OH excluding ortho intramolecular Hbond substituents is 4. The fourth-order valence-corrected chi connectivity index (χ4v) is 19.5. The fraction of sp³-hybridized carbons (Fsp3) is 0.218. The van der Waals surface area contributed by atoms with E-state index in [1.165, 1.54) is 42.5 Å².